The van der Waals surface area contributed by atoms with Crippen LogP contribution in [-0.2, 0) is 19.6 Å². The number of hydrogen-bond donors (Lipinski definition) is 1. The molecule has 1 N–H and O–H groups in total. The van der Waals surface area contributed by atoms with Crippen molar-refractivity contribution < 1.29 is 22.5 Å². The molecule has 0 heterocycles. The lowest BCUT2D eigenvalue weighted by molar-refractivity contribution is -0.135. The molecular formula is C5H8O5S. The SMILES string of the molecule is C=C(CS(=O)(=O)O)C(=O)OC. The minimum absolute atomic E-state index is 0.296. The molecule has 0 radical (unpaired) electrons. The molecule has 0 bridgehead atoms. The van der Waals surface area contributed by atoms with Crippen LogP contribution in [0.3, 0.4) is 0 Å². The highest BCUT2D eigenvalue weighted by atomic mass is 32.2. The van der Waals surface area contributed by atoms with E-state index < -0.39 is 21.8 Å². The van der Waals surface area contributed by atoms with Crippen LogP contribution in [0.25, 0.3) is 0 Å². The normalized spacial score (nSPS) is 10.7. The Morgan fingerprint density at radius 3 is 2.36 bits per heavy atom. The molecule has 0 saturated carbocycles. The van der Waals surface area contributed by atoms with Gasteiger partial charge in [0.1, 0.15) is 5.75 Å². The second-order valence-electron chi connectivity index (χ2n) is 1.82. The summed E-state index contributed by atoms with van der Waals surface area (Å²) < 4.78 is 32.7. The molecule has 0 aliphatic heterocycles. The molecular weight excluding hydrogens is 172 g/mol. The summed E-state index contributed by atoms with van der Waals surface area (Å²) in [5.74, 6) is -1.64. The van der Waals surface area contributed by atoms with Gasteiger partial charge in [-0.25, -0.2) is 4.79 Å². The van der Waals surface area contributed by atoms with E-state index in [9.17, 15) is 13.2 Å². The number of carbonyl (C=O) groups excluding carboxylic acids is 1. The van der Waals surface area contributed by atoms with E-state index in [0.29, 0.717) is 0 Å². The molecule has 0 atom stereocenters. The monoisotopic (exact) mass is 180 g/mol. The van der Waals surface area contributed by atoms with Gasteiger partial charge in [-0.15, -0.1) is 0 Å². The third-order valence-electron chi connectivity index (χ3n) is 0.831. The van der Waals surface area contributed by atoms with Gasteiger partial charge in [0.15, 0.2) is 0 Å². The fourth-order valence-electron chi connectivity index (χ4n) is 0.423. The van der Waals surface area contributed by atoms with Gasteiger partial charge in [-0.1, -0.05) is 6.58 Å². The number of esters is 1. The highest BCUT2D eigenvalue weighted by Crippen LogP contribution is 1.97. The van der Waals surface area contributed by atoms with Gasteiger partial charge in [0.2, 0.25) is 0 Å². The van der Waals surface area contributed by atoms with E-state index in [4.69, 9.17) is 4.55 Å². The van der Waals surface area contributed by atoms with Crippen LogP contribution in [-0.4, -0.2) is 31.8 Å². The van der Waals surface area contributed by atoms with E-state index >= 15 is 0 Å². The molecule has 0 aliphatic rings. The first-order valence-corrected chi connectivity index (χ1v) is 4.19. The van der Waals surface area contributed by atoms with E-state index in [0.717, 1.165) is 7.11 Å². The Morgan fingerprint density at radius 2 is 2.09 bits per heavy atom. The largest absolute Gasteiger partial charge is 0.466 e. The Bertz CT molecular complexity index is 263. The average Bonchev–Trinajstić information content (AvgIpc) is 1.82. The molecule has 0 fully saturated rings. The standard InChI is InChI=1S/C5H8O5S/c1-4(5(6)10-2)3-11(7,8)9/h1,3H2,2H3,(H,7,8,9). The molecule has 0 aromatic heterocycles. The van der Waals surface area contributed by atoms with Crippen molar-refractivity contribution >= 4 is 16.1 Å². The van der Waals surface area contributed by atoms with Crippen molar-refractivity contribution in [3.8, 4) is 0 Å². The van der Waals surface area contributed by atoms with Crippen LogP contribution in [0.5, 0.6) is 0 Å². The predicted molar refractivity (Wildman–Crippen MR) is 37.6 cm³/mol. The lowest BCUT2D eigenvalue weighted by Crippen LogP contribution is -2.13. The fourth-order valence-corrected chi connectivity index (χ4v) is 0.982. The molecule has 0 aromatic carbocycles. The minimum Gasteiger partial charge on any atom is -0.466 e. The van der Waals surface area contributed by atoms with Gasteiger partial charge in [0.25, 0.3) is 10.1 Å². The summed E-state index contributed by atoms with van der Waals surface area (Å²) >= 11 is 0. The highest BCUT2D eigenvalue weighted by Gasteiger charge is 2.14. The van der Waals surface area contributed by atoms with Gasteiger partial charge in [0.05, 0.1) is 7.11 Å². The summed E-state index contributed by atoms with van der Waals surface area (Å²) in [6.45, 7) is 3.10. The van der Waals surface area contributed by atoms with Gasteiger partial charge >= 0.3 is 5.97 Å². The van der Waals surface area contributed by atoms with Crippen molar-refractivity contribution in [2.45, 2.75) is 0 Å². The number of methoxy groups -OCH3 is 1. The minimum atomic E-state index is -4.18. The van der Waals surface area contributed by atoms with Crippen molar-refractivity contribution in [3.63, 3.8) is 0 Å². The smallest absolute Gasteiger partial charge is 0.334 e. The van der Waals surface area contributed by atoms with Crippen molar-refractivity contribution in [2.24, 2.45) is 0 Å². The van der Waals surface area contributed by atoms with Crippen LogP contribution in [0.2, 0.25) is 0 Å². The Labute approximate surface area is 64.4 Å². The van der Waals surface area contributed by atoms with Crippen LogP contribution in [0.15, 0.2) is 12.2 Å². The second-order valence-corrected chi connectivity index (χ2v) is 3.27. The van der Waals surface area contributed by atoms with Gasteiger partial charge in [-0.05, 0) is 0 Å². The van der Waals surface area contributed by atoms with Crippen LogP contribution < -0.4 is 0 Å². The Kier molecular flexibility index (Phi) is 3.21. The van der Waals surface area contributed by atoms with Gasteiger partial charge in [-0.3, -0.25) is 4.55 Å². The summed E-state index contributed by atoms with van der Waals surface area (Å²) in [6, 6.07) is 0. The van der Waals surface area contributed by atoms with E-state index in [2.05, 4.69) is 11.3 Å². The average molecular weight is 180 g/mol. The maximum absolute atomic E-state index is 10.5. The lowest BCUT2D eigenvalue weighted by atomic mass is 10.4. The van der Waals surface area contributed by atoms with E-state index in [1.54, 1.807) is 0 Å². The Morgan fingerprint density at radius 1 is 1.64 bits per heavy atom. The molecule has 0 rings (SSSR count). The molecule has 0 aliphatic carbocycles. The summed E-state index contributed by atoms with van der Waals surface area (Å²) in [5, 5.41) is 0. The van der Waals surface area contributed by atoms with Crippen LogP contribution in [0, 0.1) is 0 Å². The molecule has 5 nitrogen and oxygen atoms in total. The number of hydrogen-bond acceptors (Lipinski definition) is 4. The molecule has 0 unspecified atom stereocenters. The van der Waals surface area contributed by atoms with Crippen molar-refractivity contribution in [3.05, 3.63) is 12.2 Å². The highest BCUT2D eigenvalue weighted by molar-refractivity contribution is 7.86. The predicted octanol–water partition coefficient (Wildman–Crippen LogP) is -0.397. The quantitative estimate of drug-likeness (QED) is 0.363. The van der Waals surface area contributed by atoms with Crippen molar-refractivity contribution in [1.29, 1.82) is 0 Å². The van der Waals surface area contributed by atoms with Gasteiger partial charge in [-0.2, -0.15) is 8.42 Å². The molecule has 0 aromatic rings. The summed E-state index contributed by atoms with van der Waals surface area (Å²) in [5.41, 5.74) is -0.296. The number of ether oxygens (including phenoxy) is 1. The second kappa shape index (κ2) is 3.49. The summed E-state index contributed by atoms with van der Waals surface area (Å²) in [4.78, 5) is 10.5. The maximum Gasteiger partial charge on any atom is 0.334 e. The molecule has 64 valence electrons. The Hall–Kier alpha value is -0.880. The fraction of sp³-hybridized carbons (Fsp3) is 0.400. The summed E-state index contributed by atoms with van der Waals surface area (Å²) in [6.07, 6.45) is 0. The van der Waals surface area contributed by atoms with E-state index in [-0.39, 0.29) is 5.57 Å². The van der Waals surface area contributed by atoms with Gasteiger partial charge in [0, 0.05) is 5.57 Å². The zero-order valence-corrected chi connectivity index (χ0v) is 6.72. The molecule has 6 heteroatoms. The third-order valence-corrected chi connectivity index (χ3v) is 1.54. The van der Waals surface area contributed by atoms with E-state index in [1.807, 2.05) is 0 Å². The maximum atomic E-state index is 10.5. The zero-order chi connectivity index (χ0) is 9.07. The topological polar surface area (TPSA) is 80.7 Å². The zero-order valence-electron chi connectivity index (χ0n) is 5.90. The third kappa shape index (κ3) is 4.51. The lowest BCUT2D eigenvalue weighted by Gasteiger charge is -1.99. The number of rotatable bonds is 3. The Balaban J connectivity index is 4.22. The molecule has 0 spiro atoms. The first-order valence-electron chi connectivity index (χ1n) is 2.58. The molecule has 0 amide bonds. The van der Waals surface area contributed by atoms with E-state index in [1.165, 1.54) is 0 Å². The van der Waals surface area contributed by atoms with Crippen molar-refractivity contribution in [2.75, 3.05) is 12.9 Å². The van der Waals surface area contributed by atoms with Crippen molar-refractivity contribution in [1.82, 2.24) is 0 Å². The summed E-state index contributed by atoms with van der Waals surface area (Å²) in [7, 11) is -3.08. The number of carbonyl (C=O) groups is 1. The van der Waals surface area contributed by atoms with Crippen LogP contribution in [0.1, 0.15) is 0 Å². The first kappa shape index (κ1) is 10.1. The van der Waals surface area contributed by atoms with Crippen LogP contribution in [0.4, 0.5) is 0 Å². The van der Waals surface area contributed by atoms with Gasteiger partial charge < -0.3 is 4.74 Å². The molecule has 0 saturated heterocycles. The molecule has 11 heavy (non-hydrogen) atoms. The van der Waals surface area contributed by atoms with Crippen LogP contribution >= 0.6 is 0 Å². The first-order chi connectivity index (χ1) is 4.87.